The molecule has 0 atom stereocenters. The fourth-order valence-electron chi connectivity index (χ4n) is 3.59. The number of hydrogen-bond donors (Lipinski definition) is 2. The van der Waals surface area contributed by atoms with E-state index in [9.17, 15) is 22.4 Å². The maximum atomic E-state index is 14.1. The number of dihydropyridines is 1. The van der Waals surface area contributed by atoms with E-state index in [1.165, 1.54) is 30.2 Å². The zero-order valence-electron chi connectivity index (χ0n) is 15.8. The van der Waals surface area contributed by atoms with Crippen molar-refractivity contribution in [2.24, 2.45) is 0 Å². The molecule has 6 nitrogen and oxygen atoms in total. The molecule has 0 saturated carbocycles. The van der Waals surface area contributed by atoms with Crippen LogP contribution in [0.5, 0.6) is 0 Å². The number of aromatic amines is 1. The zero-order valence-corrected chi connectivity index (χ0v) is 15.8. The molecule has 1 aromatic carbocycles. The average Bonchev–Trinajstić information content (AvgIpc) is 3.12. The lowest BCUT2D eigenvalue weighted by Crippen LogP contribution is -2.42. The van der Waals surface area contributed by atoms with Crippen molar-refractivity contribution in [2.45, 2.75) is 13.0 Å². The third kappa shape index (κ3) is 3.49. The van der Waals surface area contributed by atoms with Crippen LogP contribution in [-0.2, 0) is 15.9 Å². The summed E-state index contributed by atoms with van der Waals surface area (Å²) in [6, 6.07) is 4.95. The van der Waals surface area contributed by atoms with Gasteiger partial charge >= 0.3 is 6.61 Å². The second-order valence-corrected chi connectivity index (χ2v) is 6.63. The Bertz CT molecular complexity index is 1040. The first-order valence-corrected chi connectivity index (χ1v) is 9.04. The summed E-state index contributed by atoms with van der Waals surface area (Å²) in [5.74, 6) is -1.84. The van der Waals surface area contributed by atoms with Crippen molar-refractivity contribution in [3.63, 3.8) is 0 Å². The number of halogens is 4. The minimum atomic E-state index is -3.00. The van der Waals surface area contributed by atoms with Crippen molar-refractivity contribution >= 4 is 5.91 Å². The fourth-order valence-corrected chi connectivity index (χ4v) is 3.59. The molecular formula is C20H17F4N3O3. The number of fused-ring (bicyclic) bond motifs is 1. The van der Waals surface area contributed by atoms with E-state index in [1.54, 1.807) is 0 Å². The third-order valence-electron chi connectivity index (χ3n) is 4.93. The van der Waals surface area contributed by atoms with Gasteiger partial charge in [0.25, 0.3) is 5.91 Å². The monoisotopic (exact) mass is 423 g/mol. The van der Waals surface area contributed by atoms with Crippen molar-refractivity contribution in [3.8, 4) is 11.3 Å². The number of alkyl halides is 2. The lowest BCUT2D eigenvalue weighted by molar-refractivity contribution is -0.102. The van der Waals surface area contributed by atoms with Crippen LogP contribution in [0.2, 0.25) is 0 Å². The van der Waals surface area contributed by atoms with Crippen LogP contribution in [0.25, 0.3) is 11.3 Å². The van der Waals surface area contributed by atoms with Crippen molar-refractivity contribution in [1.29, 1.82) is 0 Å². The average molecular weight is 423 g/mol. The van der Waals surface area contributed by atoms with E-state index in [1.807, 2.05) is 0 Å². The van der Waals surface area contributed by atoms with E-state index >= 15 is 0 Å². The van der Waals surface area contributed by atoms with Crippen LogP contribution < -0.4 is 5.32 Å². The van der Waals surface area contributed by atoms with Gasteiger partial charge in [-0.25, -0.2) is 8.78 Å². The molecule has 0 spiro atoms. The first-order valence-electron chi connectivity index (χ1n) is 9.04. The predicted molar refractivity (Wildman–Crippen MR) is 98.1 cm³/mol. The van der Waals surface area contributed by atoms with Gasteiger partial charge in [0, 0.05) is 24.7 Å². The highest BCUT2D eigenvalue weighted by Crippen LogP contribution is 2.32. The summed E-state index contributed by atoms with van der Waals surface area (Å²) in [6.07, 6.45) is 1.65. The van der Waals surface area contributed by atoms with Gasteiger partial charge in [-0.3, -0.25) is 4.79 Å². The summed E-state index contributed by atoms with van der Waals surface area (Å²) < 4.78 is 62.7. The number of hydrogen-bond acceptors (Lipinski definition) is 4. The summed E-state index contributed by atoms with van der Waals surface area (Å²) in [4.78, 5) is 17.5. The van der Waals surface area contributed by atoms with Crippen molar-refractivity contribution in [3.05, 3.63) is 70.6 Å². The van der Waals surface area contributed by atoms with Crippen LogP contribution in [0.1, 0.15) is 16.1 Å². The molecular weight excluding hydrogens is 406 g/mol. The topological polar surface area (TPSA) is 66.6 Å². The van der Waals surface area contributed by atoms with Crippen LogP contribution in [0.15, 0.2) is 47.7 Å². The predicted octanol–water partition coefficient (Wildman–Crippen LogP) is 3.50. The largest absolute Gasteiger partial charge is 0.495 e. The first-order chi connectivity index (χ1) is 14.4. The van der Waals surface area contributed by atoms with Gasteiger partial charge in [0.1, 0.15) is 17.4 Å². The number of nitrogens with zero attached hydrogens (tertiary/aromatic N) is 1. The van der Waals surface area contributed by atoms with E-state index in [2.05, 4.69) is 15.0 Å². The summed E-state index contributed by atoms with van der Waals surface area (Å²) in [5, 5.41) is 2.67. The van der Waals surface area contributed by atoms with E-state index in [0.717, 1.165) is 12.1 Å². The number of methoxy groups -OCH3 is 1. The summed E-state index contributed by atoms with van der Waals surface area (Å²) in [5.41, 5.74) is 1.21. The van der Waals surface area contributed by atoms with Crippen molar-refractivity contribution in [2.75, 3.05) is 20.2 Å². The fraction of sp³-hybridized carbons (Fsp3) is 0.250. The number of rotatable bonds is 5. The number of H-pyrrole nitrogens is 1. The van der Waals surface area contributed by atoms with Crippen LogP contribution in [-0.4, -0.2) is 42.6 Å². The van der Waals surface area contributed by atoms with Gasteiger partial charge < -0.3 is 24.7 Å². The molecule has 0 saturated heterocycles. The number of carbonyl (C=O) groups excluding carboxylic acids is 1. The normalized spacial score (nSPS) is 16.4. The van der Waals surface area contributed by atoms with Gasteiger partial charge in [-0.05, 0) is 18.2 Å². The highest BCUT2D eigenvalue weighted by Gasteiger charge is 2.32. The zero-order chi connectivity index (χ0) is 21.4. The highest BCUT2D eigenvalue weighted by molar-refractivity contribution is 5.99. The quantitative estimate of drug-likeness (QED) is 0.723. The number of nitrogens with one attached hydrogen (secondary N) is 2. The van der Waals surface area contributed by atoms with E-state index in [0.29, 0.717) is 17.8 Å². The minimum Gasteiger partial charge on any atom is -0.495 e. The van der Waals surface area contributed by atoms with Crippen LogP contribution >= 0.6 is 0 Å². The molecule has 1 amide bonds. The number of benzene rings is 1. The molecule has 30 heavy (non-hydrogen) atoms. The van der Waals surface area contributed by atoms with E-state index in [4.69, 9.17) is 4.74 Å². The Morgan fingerprint density at radius 1 is 1.20 bits per heavy atom. The Labute approximate surface area is 168 Å². The van der Waals surface area contributed by atoms with Crippen LogP contribution in [0.3, 0.4) is 0 Å². The molecule has 0 unspecified atom stereocenters. The van der Waals surface area contributed by atoms with Gasteiger partial charge in [-0.15, -0.1) is 0 Å². The second-order valence-electron chi connectivity index (χ2n) is 6.63. The van der Waals surface area contributed by atoms with E-state index in [-0.39, 0.29) is 41.6 Å². The summed E-state index contributed by atoms with van der Waals surface area (Å²) in [6.45, 7) is -2.70. The molecule has 2 aliphatic rings. The molecule has 0 radical (unpaired) electrons. The molecule has 3 heterocycles. The van der Waals surface area contributed by atoms with Crippen molar-refractivity contribution in [1.82, 2.24) is 15.2 Å². The second kappa shape index (κ2) is 7.77. The Morgan fingerprint density at radius 2 is 1.93 bits per heavy atom. The SMILES string of the molecule is COC1=C(N2CCc3[nH]c(-c4c(F)cccc4F)cc3C2=O)CNC(OC(F)F)=C1. The Kier molecular flexibility index (Phi) is 5.15. The number of amides is 1. The molecule has 158 valence electrons. The van der Waals surface area contributed by atoms with Crippen LogP contribution in [0.4, 0.5) is 17.6 Å². The molecule has 2 aromatic rings. The standard InChI is InChI=1S/C20H17F4N3O3/c1-29-16-8-17(30-20(23)24)25-9-15(16)27-6-5-13-10(19(27)28)7-14(26-13)18-11(21)3-2-4-12(18)22/h2-4,7-8,20,25-26H,5-6,9H2,1H3. The maximum Gasteiger partial charge on any atom is 0.388 e. The lowest BCUT2D eigenvalue weighted by atomic mass is 10.0. The summed E-state index contributed by atoms with van der Waals surface area (Å²) in [7, 11) is 1.35. The van der Waals surface area contributed by atoms with E-state index < -0.39 is 24.2 Å². The van der Waals surface area contributed by atoms with Crippen molar-refractivity contribution < 1.29 is 31.8 Å². The molecule has 4 rings (SSSR count). The maximum absolute atomic E-state index is 14.1. The third-order valence-corrected chi connectivity index (χ3v) is 4.93. The number of ether oxygens (including phenoxy) is 2. The number of aromatic nitrogens is 1. The molecule has 0 aliphatic carbocycles. The lowest BCUT2D eigenvalue weighted by Gasteiger charge is -2.32. The molecule has 2 N–H and O–H groups in total. The molecule has 1 aromatic heterocycles. The Balaban J connectivity index is 1.67. The van der Waals surface area contributed by atoms with Gasteiger partial charge in [0.05, 0.1) is 36.2 Å². The van der Waals surface area contributed by atoms with Gasteiger partial charge in [0.15, 0.2) is 5.88 Å². The Hall–Kier alpha value is -3.43. The molecule has 2 aliphatic heterocycles. The van der Waals surface area contributed by atoms with Crippen LogP contribution in [0, 0.1) is 11.6 Å². The molecule has 0 bridgehead atoms. The summed E-state index contributed by atoms with van der Waals surface area (Å²) >= 11 is 0. The number of carbonyl (C=O) groups is 1. The smallest absolute Gasteiger partial charge is 0.388 e. The first kappa shape index (κ1) is 19.9. The number of allylic oxidation sites excluding steroid dienone is 1. The minimum absolute atomic E-state index is 0.0298. The van der Waals surface area contributed by atoms with Gasteiger partial charge in [-0.1, -0.05) is 6.07 Å². The van der Waals surface area contributed by atoms with Gasteiger partial charge in [0.2, 0.25) is 0 Å². The highest BCUT2D eigenvalue weighted by atomic mass is 19.3. The van der Waals surface area contributed by atoms with Gasteiger partial charge in [-0.2, -0.15) is 8.78 Å². The molecule has 0 fully saturated rings. The molecule has 10 heteroatoms. The Morgan fingerprint density at radius 3 is 2.60 bits per heavy atom.